The highest BCUT2D eigenvalue weighted by molar-refractivity contribution is 6.31. The van der Waals surface area contributed by atoms with Crippen LogP contribution in [-0.2, 0) is 11.3 Å². The average molecular weight is 340 g/mol. The summed E-state index contributed by atoms with van der Waals surface area (Å²) in [4.78, 5) is 16.7. The van der Waals surface area contributed by atoms with Crippen LogP contribution in [0.5, 0.6) is 0 Å². The minimum Gasteiger partial charge on any atom is -0.383 e. The number of hydrogen-bond donors (Lipinski definition) is 1. The van der Waals surface area contributed by atoms with Gasteiger partial charge in [0.05, 0.1) is 6.61 Å². The van der Waals surface area contributed by atoms with E-state index in [4.69, 9.17) is 16.3 Å². The number of likely N-dealkylation sites (tertiary alicyclic amines) is 1. The number of benzene rings is 1. The summed E-state index contributed by atoms with van der Waals surface area (Å²) in [5, 5.41) is 3.83. The summed E-state index contributed by atoms with van der Waals surface area (Å²) >= 11 is 6.22. The molecule has 1 aliphatic heterocycles. The maximum atomic E-state index is 12.6. The first-order valence-electron chi connectivity index (χ1n) is 8.06. The minimum absolute atomic E-state index is 0.0535. The monoisotopic (exact) mass is 339 g/mol. The fourth-order valence-electron chi connectivity index (χ4n) is 2.84. The Morgan fingerprint density at radius 3 is 2.96 bits per heavy atom. The van der Waals surface area contributed by atoms with Gasteiger partial charge in [-0.3, -0.25) is 0 Å². The van der Waals surface area contributed by atoms with Crippen molar-refractivity contribution in [2.75, 3.05) is 40.4 Å². The average Bonchev–Trinajstić information content (AvgIpc) is 2.53. The quantitative estimate of drug-likeness (QED) is 0.866. The van der Waals surface area contributed by atoms with Crippen molar-refractivity contribution in [2.45, 2.75) is 25.4 Å². The maximum absolute atomic E-state index is 12.6. The van der Waals surface area contributed by atoms with Crippen LogP contribution in [0.15, 0.2) is 24.3 Å². The van der Waals surface area contributed by atoms with Crippen molar-refractivity contribution in [3.05, 3.63) is 34.9 Å². The molecule has 2 amide bonds. The van der Waals surface area contributed by atoms with E-state index in [-0.39, 0.29) is 12.1 Å². The zero-order chi connectivity index (χ0) is 16.7. The Balaban J connectivity index is 1.98. The smallest absolute Gasteiger partial charge is 0.318 e. The molecular weight excluding hydrogens is 314 g/mol. The first-order valence-corrected chi connectivity index (χ1v) is 8.44. The van der Waals surface area contributed by atoms with Crippen molar-refractivity contribution < 1.29 is 9.53 Å². The SMILES string of the molecule is COCCN(Cc1ccccc1Cl)C(=O)N[C@@H]1CCCN(C)C1. The fraction of sp³-hybridized carbons (Fsp3) is 0.588. The zero-order valence-corrected chi connectivity index (χ0v) is 14.7. The molecule has 1 atom stereocenters. The molecule has 0 spiro atoms. The summed E-state index contributed by atoms with van der Waals surface area (Å²) in [7, 11) is 3.73. The van der Waals surface area contributed by atoms with Gasteiger partial charge in [-0.1, -0.05) is 29.8 Å². The second-order valence-electron chi connectivity index (χ2n) is 6.06. The third-order valence-electron chi connectivity index (χ3n) is 4.12. The van der Waals surface area contributed by atoms with Crippen LogP contribution in [0.4, 0.5) is 4.79 Å². The molecule has 0 unspecified atom stereocenters. The second kappa shape index (κ2) is 9.11. The molecule has 2 rings (SSSR count). The number of nitrogens with zero attached hydrogens (tertiary/aromatic N) is 2. The van der Waals surface area contributed by atoms with Crippen LogP contribution in [0.2, 0.25) is 5.02 Å². The molecular formula is C17H26ClN3O2. The van der Waals surface area contributed by atoms with E-state index in [0.717, 1.165) is 31.5 Å². The Hall–Kier alpha value is -1.30. The molecule has 0 bridgehead atoms. The topological polar surface area (TPSA) is 44.8 Å². The van der Waals surface area contributed by atoms with Crippen LogP contribution in [-0.4, -0.2) is 62.3 Å². The molecule has 0 aromatic heterocycles. The van der Waals surface area contributed by atoms with Crippen LogP contribution in [0, 0.1) is 0 Å². The zero-order valence-electron chi connectivity index (χ0n) is 13.9. The summed E-state index contributed by atoms with van der Waals surface area (Å²) in [6.07, 6.45) is 2.14. The van der Waals surface area contributed by atoms with Crippen molar-refractivity contribution in [1.29, 1.82) is 0 Å². The van der Waals surface area contributed by atoms with Crippen LogP contribution in [0.1, 0.15) is 18.4 Å². The lowest BCUT2D eigenvalue weighted by atomic mass is 10.1. The number of halogens is 1. The van der Waals surface area contributed by atoms with Crippen LogP contribution in [0.3, 0.4) is 0 Å². The highest BCUT2D eigenvalue weighted by atomic mass is 35.5. The summed E-state index contributed by atoms with van der Waals surface area (Å²) in [5.41, 5.74) is 0.946. The van der Waals surface area contributed by atoms with E-state index in [1.54, 1.807) is 12.0 Å². The number of ether oxygens (including phenoxy) is 1. The van der Waals surface area contributed by atoms with E-state index in [1.165, 1.54) is 0 Å². The first kappa shape index (κ1) is 18.0. The fourth-order valence-corrected chi connectivity index (χ4v) is 3.03. The van der Waals surface area contributed by atoms with Gasteiger partial charge in [0, 0.05) is 37.8 Å². The highest BCUT2D eigenvalue weighted by Crippen LogP contribution is 2.17. The van der Waals surface area contributed by atoms with E-state index >= 15 is 0 Å². The normalized spacial score (nSPS) is 18.7. The van der Waals surface area contributed by atoms with Crippen LogP contribution >= 0.6 is 11.6 Å². The number of carbonyl (C=O) groups is 1. The molecule has 6 heteroatoms. The van der Waals surface area contributed by atoms with E-state index in [1.807, 2.05) is 24.3 Å². The highest BCUT2D eigenvalue weighted by Gasteiger charge is 2.22. The summed E-state index contributed by atoms with van der Waals surface area (Å²) in [6, 6.07) is 7.77. The molecule has 0 saturated carbocycles. The number of likely N-dealkylation sites (N-methyl/N-ethyl adjacent to an activating group) is 1. The molecule has 0 aliphatic carbocycles. The maximum Gasteiger partial charge on any atom is 0.318 e. The lowest BCUT2D eigenvalue weighted by molar-refractivity contribution is 0.140. The van der Waals surface area contributed by atoms with Crippen molar-refractivity contribution in [1.82, 2.24) is 15.1 Å². The molecule has 0 radical (unpaired) electrons. The molecule has 1 fully saturated rings. The van der Waals surface area contributed by atoms with E-state index < -0.39 is 0 Å². The Labute approximate surface area is 143 Å². The molecule has 1 N–H and O–H groups in total. The summed E-state index contributed by atoms with van der Waals surface area (Å²) in [5.74, 6) is 0. The van der Waals surface area contributed by atoms with Crippen LogP contribution in [0.25, 0.3) is 0 Å². The molecule has 1 aliphatic rings. The molecule has 1 heterocycles. The van der Waals surface area contributed by atoms with E-state index in [9.17, 15) is 4.79 Å². The molecule has 5 nitrogen and oxygen atoms in total. The van der Waals surface area contributed by atoms with Gasteiger partial charge in [-0.15, -0.1) is 0 Å². The van der Waals surface area contributed by atoms with Gasteiger partial charge in [0.15, 0.2) is 0 Å². The van der Waals surface area contributed by atoms with Gasteiger partial charge in [-0.05, 0) is 38.1 Å². The number of rotatable bonds is 6. The molecule has 1 aromatic rings. The van der Waals surface area contributed by atoms with Gasteiger partial charge < -0.3 is 19.9 Å². The number of nitrogens with one attached hydrogen (secondary N) is 1. The van der Waals surface area contributed by atoms with Crippen molar-refractivity contribution in [2.24, 2.45) is 0 Å². The molecule has 128 valence electrons. The minimum atomic E-state index is -0.0535. The Kier molecular flexibility index (Phi) is 7.15. The number of amides is 2. The molecule has 1 saturated heterocycles. The third-order valence-corrected chi connectivity index (χ3v) is 4.49. The van der Waals surface area contributed by atoms with Gasteiger partial charge in [0.25, 0.3) is 0 Å². The molecule has 1 aromatic carbocycles. The van der Waals surface area contributed by atoms with Gasteiger partial charge in [0.1, 0.15) is 0 Å². The molecule has 23 heavy (non-hydrogen) atoms. The lowest BCUT2D eigenvalue weighted by Crippen LogP contribution is -2.51. The Morgan fingerprint density at radius 2 is 2.26 bits per heavy atom. The van der Waals surface area contributed by atoms with Gasteiger partial charge >= 0.3 is 6.03 Å². The van der Waals surface area contributed by atoms with Gasteiger partial charge in [-0.25, -0.2) is 4.79 Å². The lowest BCUT2D eigenvalue weighted by Gasteiger charge is -2.32. The predicted molar refractivity (Wildman–Crippen MR) is 92.8 cm³/mol. The van der Waals surface area contributed by atoms with Gasteiger partial charge in [0.2, 0.25) is 0 Å². The third kappa shape index (κ3) is 5.68. The number of urea groups is 1. The standard InChI is InChI=1S/C17H26ClN3O2/c1-20-9-5-7-15(13-20)19-17(22)21(10-11-23-2)12-14-6-3-4-8-16(14)18/h3-4,6,8,15H,5,7,9-13H2,1-2H3,(H,19,22)/t15-/m1/s1. The van der Waals surface area contributed by atoms with Gasteiger partial charge in [-0.2, -0.15) is 0 Å². The van der Waals surface area contributed by atoms with Crippen molar-refractivity contribution in [3.8, 4) is 0 Å². The Morgan fingerprint density at radius 1 is 1.48 bits per heavy atom. The second-order valence-corrected chi connectivity index (χ2v) is 6.46. The number of hydrogen-bond acceptors (Lipinski definition) is 3. The van der Waals surface area contributed by atoms with E-state index in [0.29, 0.717) is 24.7 Å². The summed E-state index contributed by atoms with van der Waals surface area (Å²) < 4.78 is 5.13. The van der Waals surface area contributed by atoms with Crippen LogP contribution < -0.4 is 5.32 Å². The predicted octanol–water partition coefficient (Wildman–Crippen LogP) is 2.59. The van der Waals surface area contributed by atoms with Crippen molar-refractivity contribution in [3.63, 3.8) is 0 Å². The largest absolute Gasteiger partial charge is 0.383 e. The van der Waals surface area contributed by atoms with Crippen molar-refractivity contribution >= 4 is 17.6 Å². The summed E-state index contributed by atoms with van der Waals surface area (Å²) in [6.45, 7) is 3.52. The number of carbonyl (C=O) groups excluding carboxylic acids is 1. The number of methoxy groups -OCH3 is 1. The Bertz CT molecular complexity index is 512. The van der Waals surface area contributed by atoms with E-state index in [2.05, 4.69) is 17.3 Å². The number of piperidine rings is 1. The first-order chi connectivity index (χ1) is 11.1.